The molecule has 5 heteroatoms. The van der Waals surface area contributed by atoms with Crippen molar-refractivity contribution in [1.82, 2.24) is 0 Å². The van der Waals surface area contributed by atoms with Gasteiger partial charge in [0.1, 0.15) is 0 Å². The van der Waals surface area contributed by atoms with E-state index in [0.717, 1.165) is 18.2 Å². The van der Waals surface area contributed by atoms with Crippen LogP contribution in [-0.4, -0.2) is 20.6 Å². The summed E-state index contributed by atoms with van der Waals surface area (Å²) < 4.78 is 23.5. The van der Waals surface area contributed by atoms with Crippen LogP contribution in [0.15, 0.2) is 53.4 Å². The second kappa shape index (κ2) is 6.10. The number of sulfone groups is 1. The van der Waals surface area contributed by atoms with Crippen LogP contribution in [0.1, 0.15) is 22.8 Å². The van der Waals surface area contributed by atoms with Gasteiger partial charge in [-0.3, -0.25) is 4.79 Å². The van der Waals surface area contributed by atoms with Crippen molar-refractivity contribution in [2.45, 2.75) is 18.2 Å². The molecular formula is C16H17NO3S. The number of amides is 1. The van der Waals surface area contributed by atoms with E-state index in [1.807, 2.05) is 25.1 Å². The summed E-state index contributed by atoms with van der Waals surface area (Å²) in [4.78, 5) is 12.3. The van der Waals surface area contributed by atoms with Gasteiger partial charge in [0, 0.05) is 11.9 Å². The fourth-order valence-electron chi connectivity index (χ4n) is 2.04. The van der Waals surface area contributed by atoms with Crippen LogP contribution >= 0.6 is 0 Å². The van der Waals surface area contributed by atoms with Crippen molar-refractivity contribution in [3.8, 4) is 0 Å². The number of hydrogen-bond acceptors (Lipinski definition) is 3. The first-order valence-corrected chi connectivity index (χ1v) is 8.50. The average Bonchev–Trinajstić information content (AvgIpc) is 2.46. The van der Waals surface area contributed by atoms with Gasteiger partial charge in [-0.15, -0.1) is 0 Å². The molecule has 2 rings (SSSR count). The molecule has 1 N–H and O–H groups in total. The highest BCUT2D eigenvalue weighted by Gasteiger charge is 2.18. The molecule has 0 aliphatic heterocycles. The highest BCUT2D eigenvalue weighted by atomic mass is 32.2. The van der Waals surface area contributed by atoms with E-state index >= 15 is 0 Å². The van der Waals surface area contributed by atoms with E-state index in [2.05, 4.69) is 5.32 Å². The second-order valence-electron chi connectivity index (χ2n) is 4.78. The molecule has 21 heavy (non-hydrogen) atoms. The van der Waals surface area contributed by atoms with E-state index in [9.17, 15) is 13.2 Å². The van der Waals surface area contributed by atoms with Crippen molar-refractivity contribution in [2.24, 2.45) is 0 Å². The summed E-state index contributed by atoms with van der Waals surface area (Å²) in [6, 6.07) is 13.7. The second-order valence-corrected chi connectivity index (χ2v) is 6.76. The minimum atomic E-state index is -3.44. The third-order valence-electron chi connectivity index (χ3n) is 3.12. The minimum absolute atomic E-state index is 0.0362. The number of nitrogens with one attached hydrogen (secondary N) is 1. The number of carbonyl (C=O) groups excluding carboxylic acids is 1. The molecular weight excluding hydrogens is 286 g/mol. The smallest absolute Gasteiger partial charge is 0.256 e. The Balaban J connectivity index is 2.33. The number of rotatable bonds is 4. The molecule has 0 saturated carbocycles. The fourth-order valence-corrected chi connectivity index (χ4v) is 2.93. The molecule has 0 radical (unpaired) electrons. The molecule has 110 valence electrons. The Kier molecular flexibility index (Phi) is 4.43. The Morgan fingerprint density at radius 1 is 1.10 bits per heavy atom. The standard InChI is InChI=1S/C16H17NO3S/c1-3-12-7-6-8-13(11-12)17-16(18)14-9-4-5-10-15(14)21(2,19)20/h4-11H,3H2,1-2H3,(H,17,18). The molecule has 0 aliphatic rings. The Bertz CT molecular complexity index is 767. The van der Waals surface area contributed by atoms with Gasteiger partial charge in [-0.2, -0.15) is 0 Å². The molecule has 2 aromatic carbocycles. The maximum absolute atomic E-state index is 12.3. The third kappa shape index (κ3) is 3.70. The Hall–Kier alpha value is -2.14. The summed E-state index contributed by atoms with van der Waals surface area (Å²) >= 11 is 0. The van der Waals surface area contributed by atoms with Gasteiger partial charge < -0.3 is 5.32 Å². The highest BCUT2D eigenvalue weighted by Crippen LogP contribution is 2.18. The van der Waals surface area contributed by atoms with Gasteiger partial charge in [0.2, 0.25) is 0 Å². The van der Waals surface area contributed by atoms with Gasteiger partial charge in [-0.1, -0.05) is 31.2 Å². The third-order valence-corrected chi connectivity index (χ3v) is 4.28. The number of aryl methyl sites for hydroxylation is 1. The first-order chi connectivity index (χ1) is 9.91. The maximum atomic E-state index is 12.3. The molecule has 0 spiro atoms. The lowest BCUT2D eigenvalue weighted by molar-refractivity contribution is 0.102. The van der Waals surface area contributed by atoms with E-state index in [-0.39, 0.29) is 10.5 Å². The van der Waals surface area contributed by atoms with E-state index in [0.29, 0.717) is 5.69 Å². The van der Waals surface area contributed by atoms with Gasteiger partial charge >= 0.3 is 0 Å². The highest BCUT2D eigenvalue weighted by molar-refractivity contribution is 7.90. The summed E-state index contributed by atoms with van der Waals surface area (Å²) in [7, 11) is -3.44. The van der Waals surface area contributed by atoms with Crippen LogP contribution in [-0.2, 0) is 16.3 Å². The summed E-state index contributed by atoms with van der Waals surface area (Å²) in [5.74, 6) is -0.427. The van der Waals surface area contributed by atoms with Crippen LogP contribution < -0.4 is 5.32 Å². The molecule has 0 bridgehead atoms. The molecule has 4 nitrogen and oxygen atoms in total. The van der Waals surface area contributed by atoms with Crippen molar-refractivity contribution >= 4 is 21.4 Å². The van der Waals surface area contributed by atoms with Crippen LogP contribution in [0.4, 0.5) is 5.69 Å². The Labute approximate surface area is 124 Å². The molecule has 0 aliphatic carbocycles. The van der Waals surface area contributed by atoms with E-state index < -0.39 is 15.7 Å². The molecule has 0 saturated heterocycles. The van der Waals surface area contributed by atoms with Gasteiger partial charge in [-0.25, -0.2) is 8.42 Å². The van der Waals surface area contributed by atoms with E-state index in [4.69, 9.17) is 0 Å². The van der Waals surface area contributed by atoms with Crippen LogP contribution in [0, 0.1) is 0 Å². The first-order valence-electron chi connectivity index (χ1n) is 6.61. The zero-order valence-electron chi connectivity index (χ0n) is 12.0. The number of hydrogen-bond donors (Lipinski definition) is 1. The summed E-state index contributed by atoms with van der Waals surface area (Å²) in [6.07, 6.45) is 1.96. The van der Waals surface area contributed by atoms with Crippen molar-refractivity contribution in [2.75, 3.05) is 11.6 Å². The van der Waals surface area contributed by atoms with Crippen LogP contribution in [0.5, 0.6) is 0 Å². The molecule has 1 amide bonds. The van der Waals surface area contributed by atoms with Gasteiger partial charge in [0.25, 0.3) is 5.91 Å². The van der Waals surface area contributed by atoms with Gasteiger partial charge in [0.05, 0.1) is 10.5 Å². The van der Waals surface area contributed by atoms with Crippen molar-refractivity contribution in [3.05, 3.63) is 59.7 Å². The number of benzene rings is 2. The Morgan fingerprint density at radius 2 is 1.81 bits per heavy atom. The topological polar surface area (TPSA) is 63.2 Å². The zero-order valence-corrected chi connectivity index (χ0v) is 12.8. The molecule has 0 fully saturated rings. The normalized spacial score (nSPS) is 11.1. The molecule has 0 heterocycles. The van der Waals surface area contributed by atoms with Crippen molar-refractivity contribution in [3.63, 3.8) is 0 Å². The predicted molar refractivity (Wildman–Crippen MR) is 83.3 cm³/mol. The fraction of sp³-hybridized carbons (Fsp3) is 0.188. The van der Waals surface area contributed by atoms with Crippen LogP contribution in [0.3, 0.4) is 0 Å². The van der Waals surface area contributed by atoms with Crippen LogP contribution in [0.2, 0.25) is 0 Å². The SMILES string of the molecule is CCc1cccc(NC(=O)c2ccccc2S(C)(=O)=O)c1. The lowest BCUT2D eigenvalue weighted by Gasteiger charge is -2.09. The monoisotopic (exact) mass is 303 g/mol. The van der Waals surface area contributed by atoms with Gasteiger partial charge in [0.15, 0.2) is 9.84 Å². The predicted octanol–water partition coefficient (Wildman–Crippen LogP) is 2.90. The molecule has 0 aromatic heterocycles. The van der Waals surface area contributed by atoms with Crippen molar-refractivity contribution < 1.29 is 13.2 Å². The minimum Gasteiger partial charge on any atom is -0.322 e. The van der Waals surface area contributed by atoms with Crippen molar-refractivity contribution in [1.29, 1.82) is 0 Å². The summed E-state index contributed by atoms with van der Waals surface area (Å²) in [6.45, 7) is 2.03. The van der Waals surface area contributed by atoms with E-state index in [1.54, 1.807) is 18.2 Å². The molecule has 0 unspecified atom stereocenters. The quantitative estimate of drug-likeness (QED) is 0.944. The zero-order chi connectivity index (χ0) is 15.5. The largest absolute Gasteiger partial charge is 0.322 e. The molecule has 0 atom stereocenters. The summed E-state index contributed by atoms with van der Waals surface area (Å²) in [5.41, 5.74) is 1.91. The molecule has 2 aromatic rings. The number of anilines is 1. The number of carbonyl (C=O) groups is 1. The summed E-state index contributed by atoms with van der Waals surface area (Å²) in [5, 5.41) is 2.74. The first kappa shape index (κ1) is 15.3. The van der Waals surface area contributed by atoms with E-state index in [1.165, 1.54) is 12.1 Å². The Morgan fingerprint density at radius 3 is 2.48 bits per heavy atom. The maximum Gasteiger partial charge on any atom is 0.256 e. The van der Waals surface area contributed by atoms with Crippen LogP contribution in [0.25, 0.3) is 0 Å². The van der Waals surface area contributed by atoms with Gasteiger partial charge in [-0.05, 0) is 36.2 Å². The lowest BCUT2D eigenvalue weighted by Crippen LogP contribution is -2.16. The average molecular weight is 303 g/mol. The lowest BCUT2D eigenvalue weighted by atomic mass is 10.1.